The summed E-state index contributed by atoms with van der Waals surface area (Å²) < 4.78 is 33.4. The second kappa shape index (κ2) is 7.06. The summed E-state index contributed by atoms with van der Waals surface area (Å²) in [6.07, 6.45) is 0. The van der Waals surface area contributed by atoms with Gasteiger partial charge < -0.3 is 16.2 Å². The highest BCUT2D eigenvalue weighted by Gasteiger charge is 2.36. The lowest BCUT2D eigenvalue weighted by Gasteiger charge is -2.23. The van der Waals surface area contributed by atoms with E-state index in [0.29, 0.717) is 11.3 Å². The predicted octanol–water partition coefficient (Wildman–Crippen LogP) is 2.53. The van der Waals surface area contributed by atoms with Crippen LogP contribution in [0.5, 0.6) is 0 Å². The van der Waals surface area contributed by atoms with E-state index in [2.05, 4.69) is 5.32 Å². The highest BCUT2D eigenvalue weighted by atomic mass is 32.2. The minimum Gasteiger partial charge on any atom is -0.397 e. The summed E-state index contributed by atoms with van der Waals surface area (Å²) in [4.78, 5) is 25.6. The number of nitrogens with one attached hydrogen (secondary N) is 1. The second-order valence-corrected chi connectivity index (χ2v) is 8.14. The first-order valence-electron chi connectivity index (χ1n) is 8.81. The van der Waals surface area contributed by atoms with E-state index in [0.717, 1.165) is 6.07 Å². The number of benzene rings is 3. The average molecular weight is 424 g/mol. The first-order valence-corrected chi connectivity index (χ1v) is 10.3. The summed E-state index contributed by atoms with van der Waals surface area (Å²) >= 11 is 0. The van der Waals surface area contributed by atoms with Crippen LogP contribution in [0.25, 0.3) is 0 Å². The van der Waals surface area contributed by atoms with Gasteiger partial charge in [-0.05, 0) is 23.8 Å². The van der Waals surface area contributed by atoms with E-state index in [1.165, 1.54) is 12.1 Å². The molecule has 8 nitrogen and oxygen atoms in total. The fourth-order valence-corrected chi connectivity index (χ4v) is 4.16. The summed E-state index contributed by atoms with van der Waals surface area (Å²) in [5.41, 5.74) is 6.35. The zero-order valence-electron chi connectivity index (χ0n) is 15.4. The smallest absolute Gasteiger partial charge is 0.296 e. The Kier molecular flexibility index (Phi) is 4.65. The molecule has 1 aliphatic rings. The number of hydrogen-bond donors (Lipinski definition) is 4. The molecule has 0 amide bonds. The summed E-state index contributed by atoms with van der Waals surface area (Å²) in [5, 5.41) is 12.3. The van der Waals surface area contributed by atoms with E-state index in [-0.39, 0.29) is 34.5 Å². The molecule has 0 unspecified atom stereocenters. The quantitative estimate of drug-likeness (QED) is 0.289. The summed E-state index contributed by atoms with van der Waals surface area (Å²) in [7, 11) is -4.78. The Hall–Kier alpha value is -3.53. The van der Waals surface area contributed by atoms with Crippen molar-refractivity contribution in [3.63, 3.8) is 0 Å². The molecule has 5 N–H and O–H groups in total. The predicted molar refractivity (Wildman–Crippen MR) is 110 cm³/mol. The van der Waals surface area contributed by atoms with Crippen LogP contribution in [-0.4, -0.2) is 29.6 Å². The minimum absolute atomic E-state index is 0.00484. The van der Waals surface area contributed by atoms with Crippen molar-refractivity contribution < 1.29 is 27.7 Å². The van der Waals surface area contributed by atoms with E-state index in [1.54, 1.807) is 36.4 Å². The van der Waals surface area contributed by atoms with Crippen molar-refractivity contribution >= 4 is 38.7 Å². The Morgan fingerprint density at radius 1 is 0.900 bits per heavy atom. The first kappa shape index (κ1) is 19.8. The minimum atomic E-state index is -4.78. The molecule has 30 heavy (non-hydrogen) atoms. The van der Waals surface area contributed by atoms with Gasteiger partial charge in [-0.1, -0.05) is 36.4 Å². The Balaban J connectivity index is 2.01. The maximum absolute atomic E-state index is 13.2. The van der Waals surface area contributed by atoms with Gasteiger partial charge in [0.15, 0.2) is 11.6 Å². The van der Waals surface area contributed by atoms with E-state index in [1.807, 2.05) is 0 Å². The second-order valence-electron chi connectivity index (χ2n) is 6.75. The molecule has 0 saturated carbocycles. The molecule has 0 saturated heterocycles. The molecule has 0 bridgehead atoms. The van der Waals surface area contributed by atoms with Crippen LogP contribution < -0.4 is 11.1 Å². The van der Waals surface area contributed by atoms with Crippen molar-refractivity contribution in [3.05, 3.63) is 82.4 Å². The Labute approximate surface area is 171 Å². The van der Waals surface area contributed by atoms with Crippen LogP contribution in [0.3, 0.4) is 0 Å². The van der Waals surface area contributed by atoms with E-state index in [9.17, 15) is 27.7 Å². The molecule has 3 aromatic rings. The van der Waals surface area contributed by atoms with Gasteiger partial charge in [-0.2, -0.15) is 8.42 Å². The third kappa shape index (κ3) is 3.14. The molecule has 0 heterocycles. The van der Waals surface area contributed by atoms with Gasteiger partial charge in [-0.3, -0.25) is 14.1 Å². The maximum atomic E-state index is 13.2. The molecule has 4 rings (SSSR count). The lowest BCUT2D eigenvalue weighted by molar-refractivity contribution is 0.0980. The number of carbonyl (C=O) groups excluding carboxylic acids is 2. The highest BCUT2D eigenvalue weighted by Crippen LogP contribution is 2.40. The number of anilines is 3. The summed E-state index contributed by atoms with van der Waals surface area (Å²) in [5.74, 6) is -1.12. The van der Waals surface area contributed by atoms with Crippen LogP contribution in [0, 0.1) is 0 Å². The molecule has 0 radical (unpaired) electrons. The first-order chi connectivity index (χ1) is 14.2. The number of aliphatic hydroxyl groups excluding tert-OH is 1. The van der Waals surface area contributed by atoms with Gasteiger partial charge in [0.25, 0.3) is 10.1 Å². The van der Waals surface area contributed by atoms with Gasteiger partial charge in [0, 0.05) is 16.8 Å². The fourth-order valence-electron chi connectivity index (χ4n) is 3.51. The largest absolute Gasteiger partial charge is 0.397 e. The highest BCUT2D eigenvalue weighted by molar-refractivity contribution is 7.86. The lowest BCUT2D eigenvalue weighted by atomic mass is 9.82. The number of ketones is 2. The number of hydrogen-bond acceptors (Lipinski definition) is 7. The van der Waals surface area contributed by atoms with Gasteiger partial charge >= 0.3 is 0 Å². The molecule has 1 aliphatic carbocycles. The molecular weight excluding hydrogens is 408 g/mol. The third-order valence-corrected chi connectivity index (χ3v) is 5.76. The molecule has 0 aliphatic heterocycles. The van der Waals surface area contributed by atoms with Crippen molar-refractivity contribution in [1.29, 1.82) is 0 Å². The number of aliphatic hydroxyl groups is 1. The zero-order valence-corrected chi connectivity index (χ0v) is 16.2. The zero-order chi connectivity index (χ0) is 21.6. The Morgan fingerprint density at radius 3 is 2.13 bits per heavy atom. The van der Waals surface area contributed by atoms with Crippen molar-refractivity contribution in [3.8, 4) is 0 Å². The van der Waals surface area contributed by atoms with Gasteiger partial charge in [0.05, 0.1) is 29.1 Å². The van der Waals surface area contributed by atoms with Crippen LogP contribution in [0.2, 0.25) is 0 Å². The van der Waals surface area contributed by atoms with Crippen molar-refractivity contribution in [2.75, 3.05) is 11.1 Å². The third-order valence-electron chi connectivity index (χ3n) is 4.87. The molecule has 152 valence electrons. The van der Waals surface area contributed by atoms with Gasteiger partial charge in [0.2, 0.25) is 0 Å². The molecular formula is C21H16N2O6S. The number of nitrogens with two attached hydrogens (primary N) is 1. The monoisotopic (exact) mass is 424 g/mol. The SMILES string of the molecule is Nc1c(S(=O)(=O)O)cc(Nc2cccc(CO)c2)c2c1C(=O)c1ccccc1C2=O. The van der Waals surface area contributed by atoms with Crippen molar-refractivity contribution in [2.45, 2.75) is 11.5 Å². The van der Waals surface area contributed by atoms with Crippen LogP contribution in [-0.2, 0) is 16.7 Å². The van der Waals surface area contributed by atoms with E-state index < -0.39 is 32.3 Å². The number of rotatable bonds is 4. The van der Waals surface area contributed by atoms with Gasteiger partial charge in [-0.25, -0.2) is 0 Å². The fraction of sp³-hybridized carbons (Fsp3) is 0.0476. The van der Waals surface area contributed by atoms with E-state index in [4.69, 9.17) is 5.73 Å². The standard InChI is InChI=1S/C21H16N2O6S/c22-19-16(30(27,28)29)9-15(23-12-5-3-4-11(8-12)10-24)17-18(19)21(26)14-7-2-1-6-13(14)20(17)25/h1-9,23-24H,10,22H2,(H,27,28,29). The molecule has 9 heteroatoms. The topological polar surface area (TPSA) is 147 Å². The normalized spacial score (nSPS) is 13.0. The molecule has 0 atom stereocenters. The van der Waals surface area contributed by atoms with Crippen LogP contribution in [0.15, 0.2) is 59.5 Å². The molecule has 0 aromatic heterocycles. The molecule has 0 spiro atoms. The number of fused-ring (bicyclic) bond motifs is 2. The van der Waals surface area contributed by atoms with Crippen LogP contribution in [0.1, 0.15) is 37.4 Å². The summed E-state index contributed by atoms with van der Waals surface area (Å²) in [6.45, 7) is -0.226. The summed E-state index contributed by atoms with van der Waals surface area (Å²) in [6, 6.07) is 13.7. The van der Waals surface area contributed by atoms with Crippen LogP contribution in [0.4, 0.5) is 17.1 Å². The number of carbonyl (C=O) groups is 2. The average Bonchev–Trinajstić information content (AvgIpc) is 2.72. The number of nitrogen functional groups attached to an aromatic ring is 1. The molecule has 3 aromatic carbocycles. The van der Waals surface area contributed by atoms with Crippen molar-refractivity contribution in [2.24, 2.45) is 0 Å². The lowest BCUT2D eigenvalue weighted by Crippen LogP contribution is -2.25. The van der Waals surface area contributed by atoms with Gasteiger partial charge in [0.1, 0.15) is 4.90 Å². The van der Waals surface area contributed by atoms with Gasteiger partial charge in [-0.15, -0.1) is 0 Å². The van der Waals surface area contributed by atoms with Crippen LogP contribution >= 0.6 is 0 Å². The van der Waals surface area contributed by atoms with Crippen molar-refractivity contribution in [1.82, 2.24) is 0 Å². The maximum Gasteiger partial charge on any atom is 0.296 e. The Morgan fingerprint density at radius 2 is 1.53 bits per heavy atom. The molecule has 0 fully saturated rings. The Bertz CT molecular complexity index is 1330. The van der Waals surface area contributed by atoms with E-state index >= 15 is 0 Å².